The number of allylic oxidation sites excluding steroid dienone is 2. The molecule has 0 atom stereocenters. The van der Waals surface area contributed by atoms with E-state index in [9.17, 15) is 4.79 Å². The molecule has 1 heterocycles. The van der Waals surface area contributed by atoms with Gasteiger partial charge in [0.05, 0.1) is 0 Å². The number of rotatable bonds is 1. The van der Waals surface area contributed by atoms with E-state index in [1.165, 1.54) is 0 Å². The molecule has 0 radical (unpaired) electrons. The molecule has 3 nitrogen and oxygen atoms in total. The molecule has 0 saturated carbocycles. The molecule has 1 aliphatic rings. The lowest BCUT2D eigenvalue weighted by atomic mass is 10.2. The first-order valence-corrected chi connectivity index (χ1v) is 2.57. The molecule has 0 unspecified atom stereocenters. The predicted molar refractivity (Wildman–Crippen MR) is 32.4 cm³/mol. The fraction of sp³-hybridized carbons (Fsp3) is 0.167. The number of carbonyl (C=O) groups is 1. The lowest BCUT2D eigenvalue weighted by Gasteiger charge is -2.08. The van der Waals surface area contributed by atoms with Gasteiger partial charge in [0.25, 0.3) is 0 Å². The number of carbonyl (C=O) groups excluding carboxylic acids is 1. The van der Waals surface area contributed by atoms with E-state index < -0.39 is 0 Å². The van der Waals surface area contributed by atoms with Gasteiger partial charge in [0.15, 0.2) is 5.88 Å². The summed E-state index contributed by atoms with van der Waals surface area (Å²) in [5.74, 6) is 0.362. The van der Waals surface area contributed by atoms with Crippen LogP contribution in [0.4, 0.5) is 0 Å². The van der Waals surface area contributed by atoms with Crippen LogP contribution in [0.3, 0.4) is 0 Å². The topological polar surface area (TPSA) is 52.3 Å². The Labute approximate surface area is 52.8 Å². The van der Waals surface area contributed by atoms with Crippen LogP contribution in [0.5, 0.6) is 0 Å². The minimum atomic E-state index is 0.297. The van der Waals surface area contributed by atoms with Crippen molar-refractivity contribution in [1.82, 2.24) is 0 Å². The highest BCUT2D eigenvalue weighted by Crippen LogP contribution is 2.02. The van der Waals surface area contributed by atoms with E-state index in [0.29, 0.717) is 18.1 Å². The molecule has 0 saturated heterocycles. The van der Waals surface area contributed by atoms with Crippen molar-refractivity contribution < 1.29 is 9.53 Å². The molecular weight excluding hydrogens is 118 g/mol. The number of hydrogen-bond acceptors (Lipinski definition) is 3. The Kier molecular flexibility index (Phi) is 1.53. The lowest BCUT2D eigenvalue weighted by Crippen LogP contribution is -2.09. The van der Waals surface area contributed by atoms with Gasteiger partial charge < -0.3 is 10.5 Å². The van der Waals surface area contributed by atoms with Gasteiger partial charge in [-0.3, -0.25) is 4.79 Å². The van der Waals surface area contributed by atoms with E-state index in [-0.39, 0.29) is 0 Å². The quantitative estimate of drug-likeness (QED) is 0.499. The smallest absolute Gasteiger partial charge is 0.184 e. The summed E-state index contributed by atoms with van der Waals surface area (Å²) in [7, 11) is 0. The predicted octanol–water partition coefficient (Wildman–Crippen LogP) is -0.0580. The summed E-state index contributed by atoms with van der Waals surface area (Å²) in [4.78, 5) is 10.0. The van der Waals surface area contributed by atoms with Gasteiger partial charge in [0, 0.05) is 5.57 Å². The van der Waals surface area contributed by atoms with Gasteiger partial charge in [-0.1, -0.05) is 0 Å². The molecule has 0 amide bonds. The standard InChI is InChI=1S/C6H7NO2/c7-6-2-1-5(3-8)4-9-6/h1-3H,4,7H2. The third-order valence-corrected chi connectivity index (χ3v) is 1.02. The van der Waals surface area contributed by atoms with Crippen LogP contribution in [0.2, 0.25) is 0 Å². The van der Waals surface area contributed by atoms with Gasteiger partial charge in [0.2, 0.25) is 0 Å². The van der Waals surface area contributed by atoms with E-state index in [1.54, 1.807) is 12.2 Å². The normalized spacial score (nSPS) is 17.3. The van der Waals surface area contributed by atoms with E-state index in [0.717, 1.165) is 6.29 Å². The monoisotopic (exact) mass is 125 g/mol. The molecule has 1 rings (SSSR count). The summed E-state index contributed by atoms with van der Waals surface area (Å²) >= 11 is 0. The Hall–Kier alpha value is -1.25. The highest BCUT2D eigenvalue weighted by atomic mass is 16.5. The van der Waals surface area contributed by atoms with Crippen molar-refractivity contribution >= 4 is 6.29 Å². The van der Waals surface area contributed by atoms with Crippen molar-refractivity contribution in [3.8, 4) is 0 Å². The molecule has 2 N–H and O–H groups in total. The van der Waals surface area contributed by atoms with Crippen molar-refractivity contribution in [2.75, 3.05) is 6.61 Å². The van der Waals surface area contributed by atoms with Crippen molar-refractivity contribution in [2.45, 2.75) is 0 Å². The summed E-state index contributed by atoms with van der Waals surface area (Å²) in [5, 5.41) is 0. The van der Waals surface area contributed by atoms with Crippen LogP contribution in [0.25, 0.3) is 0 Å². The van der Waals surface area contributed by atoms with Gasteiger partial charge in [-0.15, -0.1) is 0 Å². The van der Waals surface area contributed by atoms with E-state index in [4.69, 9.17) is 10.5 Å². The second-order valence-corrected chi connectivity index (χ2v) is 1.72. The molecule has 9 heavy (non-hydrogen) atoms. The Morgan fingerprint density at radius 2 is 2.44 bits per heavy atom. The lowest BCUT2D eigenvalue weighted by molar-refractivity contribution is -0.105. The maximum absolute atomic E-state index is 10.0. The van der Waals surface area contributed by atoms with Crippen molar-refractivity contribution in [3.05, 3.63) is 23.6 Å². The zero-order valence-corrected chi connectivity index (χ0v) is 4.83. The number of hydrogen-bond donors (Lipinski definition) is 1. The van der Waals surface area contributed by atoms with Gasteiger partial charge in [-0.2, -0.15) is 0 Å². The van der Waals surface area contributed by atoms with E-state index in [2.05, 4.69) is 0 Å². The van der Waals surface area contributed by atoms with Crippen LogP contribution < -0.4 is 5.73 Å². The van der Waals surface area contributed by atoms with Crippen molar-refractivity contribution in [2.24, 2.45) is 5.73 Å². The summed E-state index contributed by atoms with van der Waals surface area (Å²) < 4.78 is 4.82. The molecule has 0 aromatic heterocycles. The number of aldehydes is 1. The van der Waals surface area contributed by atoms with Gasteiger partial charge in [0.1, 0.15) is 12.9 Å². The summed E-state index contributed by atoms with van der Waals surface area (Å²) in [6.07, 6.45) is 3.96. The molecule has 0 aromatic carbocycles. The Balaban J connectivity index is 2.69. The summed E-state index contributed by atoms with van der Waals surface area (Å²) in [6.45, 7) is 0.297. The molecule has 0 spiro atoms. The van der Waals surface area contributed by atoms with Gasteiger partial charge in [-0.05, 0) is 12.2 Å². The third-order valence-electron chi connectivity index (χ3n) is 1.02. The first-order valence-electron chi connectivity index (χ1n) is 2.57. The maximum Gasteiger partial charge on any atom is 0.184 e. The molecule has 0 fully saturated rings. The zero-order chi connectivity index (χ0) is 6.69. The van der Waals surface area contributed by atoms with Crippen LogP contribution in [0.1, 0.15) is 0 Å². The molecule has 0 bridgehead atoms. The fourth-order valence-corrected chi connectivity index (χ4v) is 0.525. The largest absolute Gasteiger partial charge is 0.474 e. The Bertz CT molecular complexity index is 181. The van der Waals surface area contributed by atoms with Gasteiger partial charge >= 0.3 is 0 Å². The molecule has 0 aromatic rings. The number of ether oxygens (including phenoxy) is 1. The number of nitrogens with two attached hydrogens (primary N) is 1. The minimum absolute atomic E-state index is 0.297. The second kappa shape index (κ2) is 2.35. The van der Waals surface area contributed by atoms with Crippen LogP contribution in [-0.4, -0.2) is 12.9 Å². The molecule has 0 aliphatic carbocycles. The highest BCUT2D eigenvalue weighted by molar-refractivity contribution is 5.74. The summed E-state index contributed by atoms with van der Waals surface area (Å²) in [6, 6.07) is 0. The molecule has 48 valence electrons. The van der Waals surface area contributed by atoms with Crippen LogP contribution in [-0.2, 0) is 9.53 Å². The average Bonchev–Trinajstić information content (AvgIpc) is 1.90. The van der Waals surface area contributed by atoms with Crippen molar-refractivity contribution in [3.63, 3.8) is 0 Å². The molecular formula is C6H7NO2. The average molecular weight is 125 g/mol. The van der Waals surface area contributed by atoms with Crippen LogP contribution in [0, 0.1) is 0 Å². The van der Waals surface area contributed by atoms with E-state index >= 15 is 0 Å². The Morgan fingerprint density at radius 3 is 2.89 bits per heavy atom. The van der Waals surface area contributed by atoms with E-state index in [1.807, 2.05) is 0 Å². The zero-order valence-electron chi connectivity index (χ0n) is 4.83. The van der Waals surface area contributed by atoms with Gasteiger partial charge in [-0.25, -0.2) is 0 Å². The molecule has 1 aliphatic heterocycles. The first kappa shape index (κ1) is 5.88. The van der Waals surface area contributed by atoms with Crippen LogP contribution >= 0.6 is 0 Å². The second-order valence-electron chi connectivity index (χ2n) is 1.72. The fourth-order valence-electron chi connectivity index (χ4n) is 0.525. The molecule has 3 heteroatoms. The minimum Gasteiger partial charge on any atom is -0.474 e. The highest BCUT2D eigenvalue weighted by Gasteiger charge is 2.00. The van der Waals surface area contributed by atoms with Crippen LogP contribution in [0.15, 0.2) is 23.6 Å². The maximum atomic E-state index is 10.0. The summed E-state index contributed by atoms with van der Waals surface area (Å²) in [5.41, 5.74) is 5.85. The van der Waals surface area contributed by atoms with Crippen molar-refractivity contribution in [1.29, 1.82) is 0 Å². The Morgan fingerprint density at radius 1 is 1.67 bits per heavy atom. The first-order chi connectivity index (χ1) is 4.33. The third kappa shape index (κ3) is 1.32. The SMILES string of the molecule is NC1=CC=C(C=O)CO1.